The number of amides is 1. The Morgan fingerprint density at radius 1 is 1.41 bits per heavy atom. The molecule has 0 aliphatic carbocycles. The second-order valence-corrected chi connectivity index (χ2v) is 5.98. The summed E-state index contributed by atoms with van der Waals surface area (Å²) in [6.07, 6.45) is 2.32. The summed E-state index contributed by atoms with van der Waals surface area (Å²) in [5.41, 5.74) is 1.17. The van der Waals surface area contributed by atoms with Crippen molar-refractivity contribution < 1.29 is 9.90 Å². The van der Waals surface area contributed by atoms with Gasteiger partial charge in [-0.15, -0.1) is 12.4 Å². The molecule has 0 bridgehead atoms. The summed E-state index contributed by atoms with van der Waals surface area (Å²) in [4.78, 5) is 12.2. The van der Waals surface area contributed by atoms with Gasteiger partial charge in [-0.3, -0.25) is 4.79 Å². The van der Waals surface area contributed by atoms with Gasteiger partial charge in [-0.2, -0.15) is 0 Å². The van der Waals surface area contributed by atoms with Crippen LogP contribution in [0.3, 0.4) is 0 Å². The van der Waals surface area contributed by atoms with Crippen molar-refractivity contribution in [3.8, 4) is 0 Å². The van der Waals surface area contributed by atoms with E-state index in [9.17, 15) is 9.90 Å². The molecular weight excluding hydrogens is 300 g/mol. The van der Waals surface area contributed by atoms with E-state index >= 15 is 0 Å². The fourth-order valence-electron chi connectivity index (χ4n) is 2.92. The second kappa shape index (κ2) is 9.82. The van der Waals surface area contributed by atoms with Crippen LogP contribution in [0.2, 0.25) is 0 Å². The van der Waals surface area contributed by atoms with Gasteiger partial charge in [0.1, 0.15) is 0 Å². The Kier molecular flexibility index (Phi) is 8.46. The minimum atomic E-state index is -0.372. The minimum absolute atomic E-state index is 0. The molecule has 1 heterocycles. The Hall–Kier alpha value is -1.10. The van der Waals surface area contributed by atoms with Crippen LogP contribution in [0.5, 0.6) is 0 Å². The Morgan fingerprint density at radius 2 is 2.14 bits per heavy atom. The minimum Gasteiger partial charge on any atom is -0.393 e. The number of hydrogen-bond acceptors (Lipinski definition) is 3. The maximum atomic E-state index is 12.2. The standard InChI is InChI=1S/C17H26N2O2.ClH/c1-13(20)10-16(14-6-3-2-4-7-14)12-19-17(21)15-8-5-9-18-11-15;/h2-4,6-7,13,15-16,18,20H,5,8-12H2,1H3,(H,19,21);1H. The molecule has 0 spiro atoms. The fraction of sp³-hybridized carbons (Fsp3) is 0.588. The monoisotopic (exact) mass is 326 g/mol. The van der Waals surface area contributed by atoms with Gasteiger partial charge < -0.3 is 15.7 Å². The molecule has 0 radical (unpaired) electrons. The van der Waals surface area contributed by atoms with Crippen molar-refractivity contribution in [1.82, 2.24) is 10.6 Å². The lowest BCUT2D eigenvalue weighted by atomic mass is 9.92. The highest BCUT2D eigenvalue weighted by Crippen LogP contribution is 2.21. The number of halogens is 1. The molecule has 1 saturated heterocycles. The third-order valence-electron chi connectivity index (χ3n) is 4.09. The van der Waals surface area contributed by atoms with Crippen LogP contribution in [0.25, 0.3) is 0 Å². The number of piperidine rings is 1. The van der Waals surface area contributed by atoms with E-state index < -0.39 is 0 Å². The van der Waals surface area contributed by atoms with Gasteiger partial charge in [0.2, 0.25) is 5.91 Å². The highest BCUT2D eigenvalue weighted by molar-refractivity contribution is 5.85. The smallest absolute Gasteiger partial charge is 0.224 e. The van der Waals surface area contributed by atoms with E-state index in [1.165, 1.54) is 5.56 Å². The first kappa shape index (κ1) is 18.9. The van der Waals surface area contributed by atoms with Crippen LogP contribution < -0.4 is 10.6 Å². The van der Waals surface area contributed by atoms with Gasteiger partial charge in [-0.05, 0) is 38.3 Å². The Balaban J connectivity index is 0.00000242. The van der Waals surface area contributed by atoms with E-state index in [0.717, 1.165) is 25.9 Å². The van der Waals surface area contributed by atoms with E-state index in [1.807, 2.05) is 18.2 Å². The summed E-state index contributed by atoms with van der Waals surface area (Å²) in [6.45, 7) is 4.17. The van der Waals surface area contributed by atoms with E-state index in [0.29, 0.717) is 13.0 Å². The molecule has 0 saturated carbocycles. The lowest BCUT2D eigenvalue weighted by Crippen LogP contribution is -2.41. The lowest BCUT2D eigenvalue weighted by molar-refractivity contribution is -0.125. The number of benzene rings is 1. The van der Waals surface area contributed by atoms with Gasteiger partial charge in [0.05, 0.1) is 12.0 Å². The predicted molar refractivity (Wildman–Crippen MR) is 91.3 cm³/mol. The average Bonchev–Trinajstić information content (AvgIpc) is 2.52. The van der Waals surface area contributed by atoms with Crippen molar-refractivity contribution in [2.24, 2.45) is 5.92 Å². The normalized spacial score (nSPS) is 20.5. The molecule has 1 fully saturated rings. The number of aliphatic hydroxyl groups excluding tert-OH is 1. The first-order chi connectivity index (χ1) is 10.2. The summed E-state index contributed by atoms with van der Waals surface area (Å²) in [5, 5.41) is 16.0. The summed E-state index contributed by atoms with van der Waals surface area (Å²) in [6, 6.07) is 10.1. The van der Waals surface area contributed by atoms with Crippen LogP contribution in [0.4, 0.5) is 0 Å². The molecule has 4 nitrogen and oxygen atoms in total. The predicted octanol–water partition coefficient (Wildman–Crippen LogP) is 2.08. The lowest BCUT2D eigenvalue weighted by Gasteiger charge is -2.24. The van der Waals surface area contributed by atoms with Crippen LogP contribution in [-0.2, 0) is 4.79 Å². The van der Waals surface area contributed by atoms with Crippen molar-refractivity contribution in [3.05, 3.63) is 35.9 Å². The molecule has 1 aliphatic rings. The fourth-order valence-corrected chi connectivity index (χ4v) is 2.92. The zero-order chi connectivity index (χ0) is 15.1. The van der Waals surface area contributed by atoms with Crippen LogP contribution in [0.1, 0.15) is 37.7 Å². The first-order valence-electron chi connectivity index (χ1n) is 7.88. The molecule has 1 aromatic carbocycles. The molecule has 22 heavy (non-hydrogen) atoms. The van der Waals surface area contributed by atoms with Gasteiger partial charge in [-0.25, -0.2) is 0 Å². The average molecular weight is 327 g/mol. The largest absolute Gasteiger partial charge is 0.393 e. The third-order valence-corrected chi connectivity index (χ3v) is 4.09. The Labute approximate surface area is 139 Å². The highest BCUT2D eigenvalue weighted by Gasteiger charge is 2.22. The van der Waals surface area contributed by atoms with E-state index in [2.05, 4.69) is 22.8 Å². The van der Waals surface area contributed by atoms with Crippen molar-refractivity contribution in [2.45, 2.75) is 38.2 Å². The van der Waals surface area contributed by atoms with Crippen LogP contribution in [0, 0.1) is 5.92 Å². The Morgan fingerprint density at radius 3 is 2.73 bits per heavy atom. The van der Waals surface area contributed by atoms with Gasteiger partial charge in [0, 0.05) is 19.0 Å². The summed E-state index contributed by atoms with van der Waals surface area (Å²) < 4.78 is 0. The zero-order valence-electron chi connectivity index (χ0n) is 13.1. The molecule has 1 aliphatic heterocycles. The molecule has 0 aromatic heterocycles. The number of rotatable bonds is 6. The molecule has 3 atom stereocenters. The second-order valence-electron chi connectivity index (χ2n) is 5.98. The van der Waals surface area contributed by atoms with Crippen LogP contribution in [0.15, 0.2) is 30.3 Å². The number of carbonyl (C=O) groups is 1. The number of nitrogens with one attached hydrogen (secondary N) is 2. The molecule has 3 N–H and O–H groups in total. The maximum absolute atomic E-state index is 12.2. The molecule has 3 unspecified atom stereocenters. The van der Waals surface area contributed by atoms with Gasteiger partial charge in [0.25, 0.3) is 0 Å². The topological polar surface area (TPSA) is 61.4 Å². The van der Waals surface area contributed by atoms with E-state index in [-0.39, 0.29) is 36.3 Å². The first-order valence-corrected chi connectivity index (χ1v) is 7.88. The van der Waals surface area contributed by atoms with E-state index in [1.54, 1.807) is 6.92 Å². The maximum Gasteiger partial charge on any atom is 0.224 e. The van der Waals surface area contributed by atoms with Gasteiger partial charge in [0.15, 0.2) is 0 Å². The van der Waals surface area contributed by atoms with Gasteiger partial charge in [-0.1, -0.05) is 30.3 Å². The quantitative estimate of drug-likeness (QED) is 0.750. The van der Waals surface area contributed by atoms with Crippen molar-refractivity contribution >= 4 is 18.3 Å². The Bertz CT molecular complexity index is 434. The molecular formula is C17H27ClN2O2. The van der Waals surface area contributed by atoms with Gasteiger partial charge >= 0.3 is 0 Å². The number of carbonyl (C=O) groups excluding carboxylic acids is 1. The molecule has 1 amide bonds. The van der Waals surface area contributed by atoms with Crippen molar-refractivity contribution in [1.29, 1.82) is 0 Å². The number of aliphatic hydroxyl groups is 1. The number of hydrogen-bond donors (Lipinski definition) is 3. The molecule has 2 rings (SSSR count). The molecule has 1 aromatic rings. The third kappa shape index (κ3) is 5.95. The molecule has 124 valence electrons. The van der Waals surface area contributed by atoms with Crippen LogP contribution in [-0.4, -0.2) is 36.8 Å². The van der Waals surface area contributed by atoms with Crippen molar-refractivity contribution in [3.63, 3.8) is 0 Å². The van der Waals surface area contributed by atoms with E-state index in [4.69, 9.17) is 0 Å². The highest BCUT2D eigenvalue weighted by atomic mass is 35.5. The zero-order valence-corrected chi connectivity index (χ0v) is 13.9. The summed E-state index contributed by atoms with van der Waals surface area (Å²) >= 11 is 0. The van der Waals surface area contributed by atoms with Crippen molar-refractivity contribution in [2.75, 3.05) is 19.6 Å². The summed E-state index contributed by atoms with van der Waals surface area (Å²) in [7, 11) is 0. The van der Waals surface area contributed by atoms with Crippen LogP contribution >= 0.6 is 12.4 Å². The SMILES string of the molecule is CC(O)CC(CNC(=O)C1CCCNC1)c1ccccc1.Cl. The molecule has 5 heteroatoms. The summed E-state index contributed by atoms with van der Waals surface area (Å²) in [5.74, 6) is 0.377.